The van der Waals surface area contributed by atoms with E-state index in [4.69, 9.17) is 4.74 Å². The number of nitrogens with one attached hydrogen (secondary N) is 2. The summed E-state index contributed by atoms with van der Waals surface area (Å²) in [5, 5.41) is 5.64. The summed E-state index contributed by atoms with van der Waals surface area (Å²) in [6.45, 7) is 5.99. The molecule has 2 N–H and O–H groups in total. The van der Waals surface area contributed by atoms with Crippen molar-refractivity contribution in [2.24, 2.45) is 5.92 Å². The summed E-state index contributed by atoms with van der Waals surface area (Å²) < 4.78 is 5.19. The van der Waals surface area contributed by atoms with Gasteiger partial charge in [0.05, 0.1) is 12.2 Å². The van der Waals surface area contributed by atoms with E-state index >= 15 is 0 Å². The first-order chi connectivity index (χ1) is 14.4. The summed E-state index contributed by atoms with van der Waals surface area (Å²) in [6.07, 6.45) is 2.16. The van der Waals surface area contributed by atoms with Gasteiger partial charge in [-0.2, -0.15) is 0 Å². The van der Waals surface area contributed by atoms with E-state index in [1.807, 2.05) is 37.3 Å². The lowest BCUT2D eigenvalue weighted by atomic mass is 10.0. The minimum absolute atomic E-state index is 0.184. The van der Waals surface area contributed by atoms with E-state index in [1.54, 1.807) is 38.1 Å². The molecular formula is C24H30N2O4. The van der Waals surface area contributed by atoms with Crippen molar-refractivity contribution in [2.75, 3.05) is 11.9 Å². The van der Waals surface area contributed by atoms with Crippen molar-refractivity contribution < 1.29 is 19.1 Å². The van der Waals surface area contributed by atoms with Crippen LogP contribution in [-0.2, 0) is 20.7 Å². The van der Waals surface area contributed by atoms with Crippen molar-refractivity contribution in [1.82, 2.24) is 5.32 Å². The SMILES string of the molecule is CCCCOC(=O)c1ccc(NC(=O)C(Cc2ccccc2)NC(=O)C(C)C)cc1. The number of esters is 1. The third-order valence-corrected chi connectivity index (χ3v) is 4.56. The summed E-state index contributed by atoms with van der Waals surface area (Å²) in [4.78, 5) is 37.0. The van der Waals surface area contributed by atoms with Crippen molar-refractivity contribution in [1.29, 1.82) is 0 Å². The lowest BCUT2D eigenvalue weighted by Gasteiger charge is -2.20. The molecule has 30 heavy (non-hydrogen) atoms. The highest BCUT2D eigenvalue weighted by Gasteiger charge is 2.22. The molecule has 0 aliphatic rings. The number of hydrogen-bond donors (Lipinski definition) is 2. The molecule has 0 aromatic heterocycles. The molecule has 0 saturated carbocycles. The highest BCUT2D eigenvalue weighted by atomic mass is 16.5. The maximum Gasteiger partial charge on any atom is 0.338 e. The fourth-order valence-electron chi connectivity index (χ4n) is 2.71. The number of amides is 2. The van der Waals surface area contributed by atoms with Gasteiger partial charge >= 0.3 is 5.97 Å². The minimum Gasteiger partial charge on any atom is -0.462 e. The van der Waals surface area contributed by atoms with Crippen LogP contribution >= 0.6 is 0 Å². The van der Waals surface area contributed by atoms with Crippen LogP contribution in [0.2, 0.25) is 0 Å². The van der Waals surface area contributed by atoms with Crippen molar-refractivity contribution in [3.63, 3.8) is 0 Å². The van der Waals surface area contributed by atoms with Gasteiger partial charge in [-0.1, -0.05) is 57.5 Å². The van der Waals surface area contributed by atoms with Crippen LogP contribution in [0.15, 0.2) is 54.6 Å². The Hall–Kier alpha value is -3.15. The topological polar surface area (TPSA) is 84.5 Å². The van der Waals surface area contributed by atoms with Crippen LogP contribution in [0.1, 0.15) is 49.5 Å². The molecular weight excluding hydrogens is 380 g/mol. The number of hydrogen-bond acceptors (Lipinski definition) is 4. The number of benzene rings is 2. The van der Waals surface area contributed by atoms with E-state index in [1.165, 1.54) is 0 Å². The summed E-state index contributed by atoms with van der Waals surface area (Å²) >= 11 is 0. The van der Waals surface area contributed by atoms with Gasteiger partial charge in [0.2, 0.25) is 11.8 Å². The molecule has 0 aliphatic carbocycles. The molecule has 0 radical (unpaired) electrons. The summed E-state index contributed by atoms with van der Waals surface area (Å²) in [5.74, 6) is -1.11. The first kappa shape index (κ1) is 23.1. The van der Waals surface area contributed by atoms with Crippen molar-refractivity contribution >= 4 is 23.5 Å². The fraction of sp³-hybridized carbons (Fsp3) is 0.375. The molecule has 0 fully saturated rings. The molecule has 2 aromatic carbocycles. The largest absolute Gasteiger partial charge is 0.462 e. The standard InChI is InChI=1S/C24H30N2O4/c1-4-5-15-30-24(29)19-11-13-20(14-12-19)25-23(28)21(26-22(27)17(2)3)16-18-9-7-6-8-10-18/h6-14,17,21H,4-5,15-16H2,1-3H3,(H,25,28)(H,26,27). The van der Waals surface area contributed by atoms with E-state index in [0.29, 0.717) is 24.3 Å². The zero-order valence-corrected chi connectivity index (χ0v) is 17.8. The smallest absolute Gasteiger partial charge is 0.338 e. The van der Waals surface area contributed by atoms with Gasteiger partial charge < -0.3 is 15.4 Å². The molecule has 1 unspecified atom stereocenters. The molecule has 0 aliphatic heterocycles. The monoisotopic (exact) mass is 410 g/mol. The van der Waals surface area contributed by atoms with Gasteiger partial charge in [-0.25, -0.2) is 4.79 Å². The van der Waals surface area contributed by atoms with Crippen molar-refractivity contribution in [3.05, 3.63) is 65.7 Å². The second-order valence-corrected chi connectivity index (χ2v) is 7.46. The Morgan fingerprint density at radius 2 is 1.60 bits per heavy atom. The minimum atomic E-state index is -0.707. The molecule has 0 saturated heterocycles. The Morgan fingerprint density at radius 1 is 0.933 bits per heavy atom. The lowest BCUT2D eigenvalue weighted by Crippen LogP contribution is -2.46. The summed E-state index contributed by atoms with van der Waals surface area (Å²) in [7, 11) is 0. The number of rotatable bonds is 10. The first-order valence-corrected chi connectivity index (χ1v) is 10.3. The molecule has 0 spiro atoms. The van der Waals surface area contributed by atoms with E-state index in [2.05, 4.69) is 10.6 Å². The molecule has 2 rings (SSSR count). The van der Waals surface area contributed by atoms with Crippen LogP contribution in [0.4, 0.5) is 5.69 Å². The van der Waals surface area contributed by atoms with Crippen LogP contribution in [0.5, 0.6) is 0 Å². The second kappa shape index (κ2) is 11.8. The summed E-state index contributed by atoms with van der Waals surface area (Å²) in [6, 6.07) is 15.4. The molecule has 0 heterocycles. The first-order valence-electron chi connectivity index (χ1n) is 10.3. The molecule has 2 amide bonds. The zero-order chi connectivity index (χ0) is 21.9. The zero-order valence-electron chi connectivity index (χ0n) is 17.8. The molecule has 160 valence electrons. The number of anilines is 1. The van der Waals surface area contributed by atoms with Crippen LogP contribution in [0.25, 0.3) is 0 Å². The Labute approximate surface area is 178 Å². The Bertz CT molecular complexity index is 832. The van der Waals surface area contributed by atoms with Crippen LogP contribution < -0.4 is 10.6 Å². The number of ether oxygens (including phenoxy) is 1. The average Bonchev–Trinajstić information content (AvgIpc) is 2.74. The van der Waals surface area contributed by atoms with Crippen LogP contribution in [-0.4, -0.2) is 30.4 Å². The third-order valence-electron chi connectivity index (χ3n) is 4.56. The molecule has 0 bridgehead atoms. The normalized spacial score (nSPS) is 11.6. The highest BCUT2D eigenvalue weighted by molar-refractivity contribution is 5.98. The van der Waals surface area contributed by atoms with Gasteiger partial charge in [0.1, 0.15) is 6.04 Å². The maximum atomic E-state index is 12.9. The third kappa shape index (κ3) is 7.35. The Balaban J connectivity index is 2.04. The van der Waals surface area contributed by atoms with Gasteiger partial charge in [0.15, 0.2) is 0 Å². The van der Waals surface area contributed by atoms with E-state index in [-0.39, 0.29) is 23.7 Å². The van der Waals surface area contributed by atoms with Gasteiger partial charge in [0.25, 0.3) is 0 Å². The molecule has 6 nitrogen and oxygen atoms in total. The number of unbranched alkanes of at least 4 members (excludes halogenated alkanes) is 1. The van der Waals surface area contributed by atoms with Gasteiger partial charge in [-0.3, -0.25) is 9.59 Å². The molecule has 1 atom stereocenters. The quantitative estimate of drug-likeness (QED) is 0.459. The van der Waals surface area contributed by atoms with Crippen molar-refractivity contribution in [3.8, 4) is 0 Å². The second-order valence-electron chi connectivity index (χ2n) is 7.46. The Kier molecular flexibility index (Phi) is 9.06. The van der Waals surface area contributed by atoms with E-state index in [9.17, 15) is 14.4 Å². The highest BCUT2D eigenvalue weighted by Crippen LogP contribution is 2.13. The van der Waals surface area contributed by atoms with E-state index < -0.39 is 6.04 Å². The lowest BCUT2D eigenvalue weighted by molar-refractivity contribution is -0.128. The van der Waals surface area contributed by atoms with Gasteiger partial charge in [0, 0.05) is 18.0 Å². The van der Waals surface area contributed by atoms with Crippen LogP contribution in [0.3, 0.4) is 0 Å². The van der Waals surface area contributed by atoms with Crippen LogP contribution in [0, 0.1) is 5.92 Å². The predicted molar refractivity (Wildman–Crippen MR) is 117 cm³/mol. The Morgan fingerprint density at radius 3 is 2.20 bits per heavy atom. The molecule has 2 aromatic rings. The van der Waals surface area contributed by atoms with Gasteiger partial charge in [-0.05, 0) is 36.2 Å². The predicted octanol–water partition coefficient (Wildman–Crippen LogP) is 3.97. The van der Waals surface area contributed by atoms with Gasteiger partial charge in [-0.15, -0.1) is 0 Å². The fourth-order valence-corrected chi connectivity index (χ4v) is 2.71. The maximum absolute atomic E-state index is 12.9. The summed E-state index contributed by atoms with van der Waals surface area (Å²) in [5.41, 5.74) is 1.92. The molecule has 6 heteroatoms. The van der Waals surface area contributed by atoms with Crippen molar-refractivity contribution in [2.45, 2.75) is 46.1 Å². The van der Waals surface area contributed by atoms with E-state index in [0.717, 1.165) is 18.4 Å². The number of carbonyl (C=O) groups excluding carboxylic acids is 3. The number of carbonyl (C=O) groups is 3. The average molecular weight is 411 g/mol.